The number of likely N-dealkylation sites (tertiary alicyclic amines) is 1. The van der Waals surface area contributed by atoms with Crippen LogP contribution >= 0.6 is 0 Å². The Morgan fingerprint density at radius 2 is 1.77 bits per heavy atom. The van der Waals surface area contributed by atoms with E-state index in [1.807, 2.05) is 4.90 Å². The van der Waals surface area contributed by atoms with Gasteiger partial charge in [-0.25, -0.2) is 13.2 Å². The van der Waals surface area contributed by atoms with Crippen molar-refractivity contribution in [2.24, 2.45) is 5.41 Å². The molecule has 3 rings (SSSR count). The van der Waals surface area contributed by atoms with Crippen LogP contribution in [0.3, 0.4) is 0 Å². The van der Waals surface area contributed by atoms with Crippen molar-refractivity contribution in [3.63, 3.8) is 0 Å². The van der Waals surface area contributed by atoms with Gasteiger partial charge < -0.3 is 10.2 Å². The minimum absolute atomic E-state index is 0.0234. The molecule has 1 aliphatic carbocycles. The molecule has 1 spiro atoms. The van der Waals surface area contributed by atoms with Crippen molar-refractivity contribution < 1.29 is 13.2 Å². The monoisotopic (exact) mass is 322 g/mol. The predicted octanol–water partition coefficient (Wildman–Crippen LogP) is 2.18. The first-order valence-corrected chi connectivity index (χ1v) is 9.59. The molecule has 0 aromatic heterocycles. The number of urea groups is 1. The second-order valence-corrected chi connectivity index (χ2v) is 8.65. The SMILES string of the molecule is CS(=O)(=O)c1ccc(CNC(=O)N2CC3(CCCC3)C2)cc1. The number of carbonyl (C=O) groups is 1. The minimum atomic E-state index is -3.17. The molecule has 1 saturated heterocycles. The van der Waals surface area contributed by atoms with Gasteiger partial charge in [0.05, 0.1) is 4.90 Å². The van der Waals surface area contributed by atoms with Crippen molar-refractivity contribution >= 4 is 15.9 Å². The molecule has 1 aromatic rings. The van der Waals surface area contributed by atoms with Gasteiger partial charge in [-0.3, -0.25) is 0 Å². The Kier molecular flexibility index (Phi) is 3.89. The van der Waals surface area contributed by atoms with Crippen LogP contribution in [0.1, 0.15) is 31.2 Å². The Labute approximate surface area is 131 Å². The van der Waals surface area contributed by atoms with Gasteiger partial charge in [0, 0.05) is 31.3 Å². The Balaban J connectivity index is 1.49. The van der Waals surface area contributed by atoms with Crippen LogP contribution in [0, 0.1) is 5.41 Å². The average Bonchev–Trinajstić information content (AvgIpc) is 2.92. The van der Waals surface area contributed by atoms with E-state index in [4.69, 9.17) is 0 Å². The fraction of sp³-hybridized carbons (Fsp3) is 0.562. The number of rotatable bonds is 3. The lowest BCUT2D eigenvalue weighted by Crippen LogP contribution is -2.59. The quantitative estimate of drug-likeness (QED) is 0.927. The molecule has 0 bridgehead atoms. The van der Waals surface area contributed by atoms with Gasteiger partial charge in [-0.15, -0.1) is 0 Å². The fourth-order valence-corrected chi connectivity index (χ4v) is 4.12. The van der Waals surface area contributed by atoms with Crippen LogP contribution in [0.4, 0.5) is 4.79 Å². The molecule has 1 heterocycles. The van der Waals surface area contributed by atoms with Crippen LogP contribution in [-0.2, 0) is 16.4 Å². The maximum atomic E-state index is 12.1. The second-order valence-electron chi connectivity index (χ2n) is 6.64. The largest absolute Gasteiger partial charge is 0.334 e. The van der Waals surface area contributed by atoms with E-state index in [1.54, 1.807) is 24.3 Å². The molecule has 2 amide bonds. The first-order chi connectivity index (χ1) is 10.4. The lowest BCUT2D eigenvalue weighted by molar-refractivity contribution is 0.0370. The third-order valence-corrected chi connectivity index (χ3v) is 5.93. The molecule has 120 valence electrons. The van der Waals surface area contributed by atoms with Gasteiger partial charge in [-0.05, 0) is 30.5 Å². The van der Waals surface area contributed by atoms with Crippen molar-refractivity contribution in [1.82, 2.24) is 10.2 Å². The summed E-state index contributed by atoms with van der Waals surface area (Å²) in [6.45, 7) is 2.18. The molecule has 1 saturated carbocycles. The lowest BCUT2D eigenvalue weighted by atomic mass is 9.78. The van der Waals surface area contributed by atoms with Crippen LogP contribution in [-0.4, -0.2) is 38.7 Å². The molecule has 2 fully saturated rings. The smallest absolute Gasteiger partial charge is 0.317 e. The highest BCUT2D eigenvalue weighted by atomic mass is 32.2. The highest BCUT2D eigenvalue weighted by Gasteiger charge is 2.46. The zero-order valence-corrected chi connectivity index (χ0v) is 13.7. The Hall–Kier alpha value is -1.56. The van der Waals surface area contributed by atoms with Crippen molar-refractivity contribution in [2.75, 3.05) is 19.3 Å². The summed E-state index contributed by atoms with van der Waals surface area (Å²) in [6, 6.07) is 6.61. The number of benzene rings is 1. The molecule has 0 unspecified atom stereocenters. The first-order valence-electron chi connectivity index (χ1n) is 7.70. The summed E-state index contributed by atoms with van der Waals surface area (Å²) in [6.07, 6.45) is 6.28. The number of nitrogens with zero attached hydrogens (tertiary/aromatic N) is 1. The van der Waals surface area contributed by atoms with Gasteiger partial charge in [0.25, 0.3) is 0 Å². The van der Waals surface area contributed by atoms with Crippen molar-refractivity contribution in [1.29, 1.82) is 0 Å². The Bertz CT molecular complexity index is 653. The molecule has 6 heteroatoms. The molecule has 1 aromatic carbocycles. The van der Waals surface area contributed by atoms with Crippen LogP contribution in [0.5, 0.6) is 0 Å². The van der Waals surface area contributed by atoms with Crippen LogP contribution in [0.2, 0.25) is 0 Å². The molecule has 5 nitrogen and oxygen atoms in total. The molecule has 0 radical (unpaired) electrons. The summed E-state index contributed by atoms with van der Waals surface area (Å²) < 4.78 is 22.8. The van der Waals surface area contributed by atoms with Gasteiger partial charge in [-0.2, -0.15) is 0 Å². The molecule has 1 aliphatic heterocycles. The molecule has 1 N–H and O–H groups in total. The van der Waals surface area contributed by atoms with Crippen molar-refractivity contribution in [2.45, 2.75) is 37.1 Å². The number of nitrogens with one attached hydrogen (secondary N) is 1. The zero-order valence-electron chi connectivity index (χ0n) is 12.8. The maximum absolute atomic E-state index is 12.1. The van der Waals surface area contributed by atoms with E-state index in [1.165, 1.54) is 31.9 Å². The summed E-state index contributed by atoms with van der Waals surface area (Å²) in [5.74, 6) is 0. The summed E-state index contributed by atoms with van der Waals surface area (Å²) >= 11 is 0. The maximum Gasteiger partial charge on any atom is 0.317 e. The van der Waals surface area contributed by atoms with Gasteiger partial charge >= 0.3 is 6.03 Å². The standard InChI is InChI=1S/C16H22N2O3S/c1-22(20,21)14-6-4-13(5-7-14)10-17-15(19)18-11-16(12-18)8-2-3-9-16/h4-7H,2-3,8-12H2,1H3,(H,17,19). The number of hydrogen-bond acceptors (Lipinski definition) is 3. The summed E-state index contributed by atoms with van der Waals surface area (Å²) in [7, 11) is -3.17. The fourth-order valence-electron chi connectivity index (χ4n) is 3.49. The van der Waals surface area contributed by atoms with E-state index in [9.17, 15) is 13.2 Å². The molecular formula is C16H22N2O3S. The number of hydrogen-bond donors (Lipinski definition) is 1. The predicted molar refractivity (Wildman–Crippen MR) is 84.3 cm³/mol. The topological polar surface area (TPSA) is 66.5 Å². The van der Waals surface area contributed by atoms with Crippen LogP contribution < -0.4 is 5.32 Å². The number of amides is 2. The van der Waals surface area contributed by atoms with Gasteiger partial charge in [-0.1, -0.05) is 25.0 Å². The minimum Gasteiger partial charge on any atom is -0.334 e. The van der Waals surface area contributed by atoms with Gasteiger partial charge in [0.2, 0.25) is 0 Å². The highest BCUT2D eigenvalue weighted by Crippen LogP contribution is 2.45. The Morgan fingerprint density at radius 3 is 2.32 bits per heavy atom. The third kappa shape index (κ3) is 3.11. The van der Waals surface area contributed by atoms with Crippen LogP contribution in [0.25, 0.3) is 0 Å². The molecule has 22 heavy (non-hydrogen) atoms. The number of sulfone groups is 1. The van der Waals surface area contributed by atoms with E-state index >= 15 is 0 Å². The Morgan fingerprint density at radius 1 is 1.18 bits per heavy atom. The van der Waals surface area contributed by atoms with Crippen molar-refractivity contribution in [3.05, 3.63) is 29.8 Å². The summed E-state index contributed by atoms with van der Waals surface area (Å²) in [5, 5.41) is 2.90. The van der Waals surface area contributed by atoms with Crippen molar-refractivity contribution in [3.8, 4) is 0 Å². The molecule has 0 atom stereocenters. The second kappa shape index (κ2) is 5.57. The number of carbonyl (C=O) groups excluding carboxylic acids is 1. The summed E-state index contributed by atoms with van der Waals surface area (Å²) in [4.78, 5) is 14.3. The van der Waals surface area contributed by atoms with E-state index in [0.29, 0.717) is 16.9 Å². The zero-order chi connectivity index (χ0) is 15.8. The molecule has 2 aliphatic rings. The first kappa shape index (κ1) is 15.3. The highest BCUT2D eigenvalue weighted by molar-refractivity contribution is 7.90. The van der Waals surface area contributed by atoms with Crippen LogP contribution in [0.15, 0.2) is 29.2 Å². The lowest BCUT2D eigenvalue weighted by Gasteiger charge is -2.48. The van der Waals surface area contributed by atoms with Gasteiger partial charge in [0.1, 0.15) is 0 Å². The van der Waals surface area contributed by atoms with E-state index < -0.39 is 9.84 Å². The van der Waals surface area contributed by atoms with E-state index in [0.717, 1.165) is 18.7 Å². The normalized spacial score (nSPS) is 20.0. The van der Waals surface area contributed by atoms with Gasteiger partial charge in [0.15, 0.2) is 9.84 Å². The summed E-state index contributed by atoms with van der Waals surface area (Å²) in [5.41, 5.74) is 1.31. The van der Waals surface area contributed by atoms with E-state index in [-0.39, 0.29) is 6.03 Å². The van der Waals surface area contributed by atoms with E-state index in [2.05, 4.69) is 5.32 Å². The molecular weight excluding hydrogens is 300 g/mol. The average molecular weight is 322 g/mol. The third-order valence-electron chi connectivity index (χ3n) is 4.80.